The molecule has 0 radical (unpaired) electrons. The molecule has 3 N–H and O–H groups in total. The van der Waals surface area contributed by atoms with E-state index in [-0.39, 0.29) is 22.6 Å². The van der Waals surface area contributed by atoms with Crippen molar-refractivity contribution in [1.29, 1.82) is 0 Å². The number of nitrogens with one attached hydrogen (secondary N) is 1. The molecule has 0 bridgehead atoms. The van der Waals surface area contributed by atoms with Gasteiger partial charge in [0, 0.05) is 7.05 Å². The molecule has 0 saturated carbocycles. The largest absolute Gasteiger partial charge is 0.349 e. The van der Waals surface area contributed by atoms with Crippen molar-refractivity contribution in [3.8, 4) is 0 Å². The summed E-state index contributed by atoms with van der Waals surface area (Å²) < 4.78 is 24.3. The number of sulfonamides is 1. The second-order valence-corrected chi connectivity index (χ2v) is 7.78. The van der Waals surface area contributed by atoms with Gasteiger partial charge in [-0.25, -0.2) is 13.6 Å². The number of benzene rings is 1. The Labute approximate surface area is 144 Å². The number of hydrogen-bond acceptors (Lipinski definition) is 6. The number of amides is 1. The Morgan fingerprint density at radius 3 is 2.46 bits per heavy atom. The molecule has 0 unspecified atom stereocenters. The highest BCUT2D eigenvalue weighted by atomic mass is 32.2. The maximum absolute atomic E-state index is 12.0. The lowest BCUT2D eigenvalue weighted by atomic mass is 10.1. The van der Waals surface area contributed by atoms with Crippen LogP contribution in [0.1, 0.15) is 24.4 Å². The Kier molecular flexibility index (Phi) is 5.62. The predicted octanol–water partition coefficient (Wildman–Crippen LogP) is 0.740. The first-order chi connectivity index (χ1) is 11.2. The molecule has 0 aliphatic heterocycles. The summed E-state index contributed by atoms with van der Waals surface area (Å²) in [5.41, 5.74) is 0.787. The van der Waals surface area contributed by atoms with E-state index in [1.54, 1.807) is 12.1 Å². The van der Waals surface area contributed by atoms with Crippen LogP contribution in [0.5, 0.6) is 0 Å². The minimum absolute atomic E-state index is 0.0398. The average Bonchev–Trinajstić information content (AvgIpc) is 2.84. The summed E-state index contributed by atoms with van der Waals surface area (Å²) in [6.45, 7) is 3.66. The van der Waals surface area contributed by atoms with Crippen LogP contribution in [0, 0.1) is 6.92 Å². The molecule has 0 spiro atoms. The van der Waals surface area contributed by atoms with Gasteiger partial charge in [-0.15, -0.1) is 10.2 Å². The highest BCUT2D eigenvalue weighted by Gasteiger charge is 2.14. The molecule has 1 heterocycles. The molecule has 2 rings (SSSR count). The predicted molar refractivity (Wildman–Crippen MR) is 90.8 cm³/mol. The topological polar surface area (TPSA) is 120 Å². The number of carbonyl (C=O) groups excluding carboxylic acids is 1. The third-order valence-corrected chi connectivity index (χ3v) is 5.42. The average molecular weight is 369 g/mol. The monoisotopic (exact) mass is 369 g/mol. The van der Waals surface area contributed by atoms with E-state index in [2.05, 4.69) is 15.5 Å². The molecule has 1 amide bonds. The van der Waals surface area contributed by atoms with Crippen LogP contribution in [-0.2, 0) is 21.9 Å². The first-order valence-corrected chi connectivity index (χ1v) is 9.62. The molecule has 8 nitrogen and oxygen atoms in total. The number of nitrogens with two attached hydrogens (primary N) is 1. The first kappa shape index (κ1) is 18.4. The van der Waals surface area contributed by atoms with E-state index < -0.39 is 10.0 Å². The Hall–Kier alpha value is -1.91. The summed E-state index contributed by atoms with van der Waals surface area (Å²) in [4.78, 5) is 12.1. The van der Waals surface area contributed by atoms with Gasteiger partial charge in [0.15, 0.2) is 5.16 Å². The SMILES string of the molecule is Cc1nnc(SCC(=O)N[C@@H](C)c2ccc(S(N)(=O)=O)cc2)n1C. The highest BCUT2D eigenvalue weighted by Crippen LogP contribution is 2.17. The van der Waals surface area contributed by atoms with Crippen molar-refractivity contribution in [2.24, 2.45) is 12.2 Å². The number of aromatic nitrogens is 3. The van der Waals surface area contributed by atoms with Gasteiger partial charge in [-0.05, 0) is 31.5 Å². The minimum Gasteiger partial charge on any atom is -0.349 e. The molecular formula is C14H19N5O3S2. The number of nitrogens with zero attached hydrogens (tertiary/aromatic N) is 3. The number of thioether (sulfide) groups is 1. The quantitative estimate of drug-likeness (QED) is 0.725. The summed E-state index contributed by atoms with van der Waals surface area (Å²) in [6.07, 6.45) is 0. The van der Waals surface area contributed by atoms with E-state index in [0.29, 0.717) is 5.16 Å². The Bertz CT molecular complexity index is 831. The molecule has 1 aromatic heterocycles. The number of carbonyl (C=O) groups is 1. The second kappa shape index (κ2) is 7.32. The number of rotatable bonds is 6. The van der Waals surface area contributed by atoms with Gasteiger partial charge >= 0.3 is 0 Å². The zero-order valence-corrected chi connectivity index (χ0v) is 15.2. The third-order valence-electron chi connectivity index (χ3n) is 3.47. The van der Waals surface area contributed by atoms with E-state index in [1.165, 1.54) is 23.9 Å². The summed E-state index contributed by atoms with van der Waals surface area (Å²) in [7, 11) is -1.88. The van der Waals surface area contributed by atoms with Crippen molar-refractivity contribution in [3.05, 3.63) is 35.7 Å². The zero-order chi connectivity index (χ0) is 17.9. The van der Waals surface area contributed by atoms with E-state index in [0.717, 1.165) is 11.4 Å². The van der Waals surface area contributed by atoms with E-state index >= 15 is 0 Å². The zero-order valence-electron chi connectivity index (χ0n) is 13.6. The third kappa shape index (κ3) is 4.56. The van der Waals surface area contributed by atoms with Crippen LogP contribution in [-0.4, -0.2) is 34.8 Å². The fraction of sp³-hybridized carbons (Fsp3) is 0.357. The van der Waals surface area contributed by atoms with Gasteiger partial charge in [-0.2, -0.15) is 0 Å². The summed E-state index contributed by atoms with van der Waals surface area (Å²) in [5, 5.41) is 16.5. The van der Waals surface area contributed by atoms with Gasteiger partial charge in [-0.1, -0.05) is 23.9 Å². The Balaban J connectivity index is 1.92. The van der Waals surface area contributed by atoms with E-state index in [4.69, 9.17) is 5.14 Å². The maximum atomic E-state index is 12.0. The van der Waals surface area contributed by atoms with Crippen molar-refractivity contribution in [3.63, 3.8) is 0 Å². The molecule has 130 valence electrons. The van der Waals surface area contributed by atoms with Crippen LogP contribution in [0.4, 0.5) is 0 Å². The van der Waals surface area contributed by atoms with Gasteiger partial charge in [0.1, 0.15) is 5.82 Å². The standard InChI is InChI=1S/C14H19N5O3S2/c1-9(11-4-6-12(7-5-11)24(15,21)22)16-13(20)8-23-14-18-17-10(2)19(14)3/h4-7,9H,8H2,1-3H3,(H,16,20)(H2,15,21,22)/t9-/m0/s1. The lowest BCUT2D eigenvalue weighted by Gasteiger charge is -2.14. The minimum atomic E-state index is -3.72. The summed E-state index contributed by atoms with van der Waals surface area (Å²) in [5.74, 6) is 0.843. The molecule has 24 heavy (non-hydrogen) atoms. The lowest BCUT2D eigenvalue weighted by molar-refractivity contribution is -0.119. The highest BCUT2D eigenvalue weighted by molar-refractivity contribution is 7.99. The molecular weight excluding hydrogens is 350 g/mol. The van der Waals surface area contributed by atoms with Crippen LogP contribution in [0.2, 0.25) is 0 Å². The van der Waals surface area contributed by atoms with Crippen molar-refractivity contribution in [2.45, 2.75) is 29.9 Å². The van der Waals surface area contributed by atoms with Crippen LogP contribution >= 0.6 is 11.8 Å². The second-order valence-electron chi connectivity index (χ2n) is 5.28. The van der Waals surface area contributed by atoms with Crippen molar-refractivity contribution >= 4 is 27.7 Å². The number of hydrogen-bond donors (Lipinski definition) is 2. The van der Waals surface area contributed by atoms with Crippen LogP contribution in [0.15, 0.2) is 34.3 Å². The Morgan fingerprint density at radius 1 is 1.33 bits per heavy atom. The fourth-order valence-corrected chi connectivity index (χ4v) is 3.24. The molecule has 0 aliphatic rings. The smallest absolute Gasteiger partial charge is 0.238 e. The van der Waals surface area contributed by atoms with Gasteiger partial charge < -0.3 is 9.88 Å². The summed E-state index contributed by atoms with van der Waals surface area (Å²) >= 11 is 1.30. The molecule has 0 fully saturated rings. The van der Waals surface area contributed by atoms with Crippen LogP contribution in [0.25, 0.3) is 0 Å². The van der Waals surface area contributed by atoms with Gasteiger partial charge in [-0.3, -0.25) is 4.79 Å². The lowest BCUT2D eigenvalue weighted by Crippen LogP contribution is -2.28. The Morgan fingerprint density at radius 2 is 1.96 bits per heavy atom. The molecule has 0 saturated heterocycles. The van der Waals surface area contributed by atoms with E-state index in [1.807, 2.05) is 25.5 Å². The normalized spacial score (nSPS) is 12.8. The first-order valence-electron chi connectivity index (χ1n) is 7.09. The van der Waals surface area contributed by atoms with Crippen molar-refractivity contribution in [1.82, 2.24) is 20.1 Å². The number of aryl methyl sites for hydroxylation is 1. The number of primary sulfonamides is 1. The van der Waals surface area contributed by atoms with Gasteiger partial charge in [0.2, 0.25) is 15.9 Å². The molecule has 1 aromatic carbocycles. The molecule has 1 atom stereocenters. The van der Waals surface area contributed by atoms with Crippen molar-refractivity contribution in [2.75, 3.05) is 5.75 Å². The molecule has 2 aromatic rings. The fourth-order valence-electron chi connectivity index (χ4n) is 1.96. The molecule has 0 aliphatic carbocycles. The van der Waals surface area contributed by atoms with E-state index in [9.17, 15) is 13.2 Å². The maximum Gasteiger partial charge on any atom is 0.238 e. The summed E-state index contributed by atoms with van der Waals surface area (Å²) in [6, 6.07) is 5.84. The van der Waals surface area contributed by atoms with Gasteiger partial charge in [0.05, 0.1) is 16.7 Å². The van der Waals surface area contributed by atoms with Crippen molar-refractivity contribution < 1.29 is 13.2 Å². The molecule has 10 heteroatoms. The van der Waals surface area contributed by atoms with Crippen LogP contribution < -0.4 is 10.5 Å². The van der Waals surface area contributed by atoms with Gasteiger partial charge in [0.25, 0.3) is 0 Å². The van der Waals surface area contributed by atoms with Crippen LogP contribution in [0.3, 0.4) is 0 Å².